The van der Waals surface area contributed by atoms with Gasteiger partial charge in [-0.25, -0.2) is 0 Å². The summed E-state index contributed by atoms with van der Waals surface area (Å²) in [6.07, 6.45) is -4.18. The lowest BCUT2D eigenvalue weighted by Crippen LogP contribution is -2.39. The fourth-order valence-electron chi connectivity index (χ4n) is 3.83. The number of rotatable bonds is 5. The van der Waals surface area contributed by atoms with E-state index in [4.69, 9.17) is 16.9 Å². The number of aryl methyl sites for hydroxylation is 1. The Hall–Kier alpha value is -2.72. The van der Waals surface area contributed by atoms with E-state index >= 15 is 0 Å². The predicted octanol–water partition coefficient (Wildman–Crippen LogP) is 5.55. The summed E-state index contributed by atoms with van der Waals surface area (Å²) in [5.41, 5.74) is 1.50. The summed E-state index contributed by atoms with van der Waals surface area (Å²) >= 11 is 6.23. The molecule has 8 heteroatoms. The zero-order chi connectivity index (χ0) is 22.9. The molecule has 164 valence electrons. The van der Waals surface area contributed by atoms with E-state index in [9.17, 15) is 18.0 Å². The van der Waals surface area contributed by atoms with Crippen LogP contribution in [0.3, 0.4) is 0 Å². The minimum atomic E-state index is -4.44. The quantitative estimate of drug-likeness (QED) is 0.600. The van der Waals surface area contributed by atoms with E-state index in [1.165, 1.54) is 6.07 Å². The molecule has 0 spiro atoms. The van der Waals surface area contributed by atoms with Gasteiger partial charge in [0, 0.05) is 31.2 Å². The molecule has 0 aromatic heterocycles. The van der Waals surface area contributed by atoms with E-state index in [-0.39, 0.29) is 36.0 Å². The highest BCUT2D eigenvalue weighted by Gasteiger charge is 2.36. The Labute approximate surface area is 184 Å². The number of anilines is 1. The van der Waals surface area contributed by atoms with Gasteiger partial charge in [-0.3, -0.25) is 4.79 Å². The molecule has 1 atom stereocenters. The molecule has 1 aliphatic rings. The van der Waals surface area contributed by atoms with Crippen molar-refractivity contribution in [1.29, 1.82) is 5.26 Å². The first-order valence-electron chi connectivity index (χ1n) is 9.93. The van der Waals surface area contributed by atoms with Gasteiger partial charge in [-0.2, -0.15) is 18.4 Å². The van der Waals surface area contributed by atoms with Crippen molar-refractivity contribution >= 4 is 23.2 Å². The Morgan fingerprint density at radius 1 is 1.26 bits per heavy atom. The van der Waals surface area contributed by atoms with Crippen LogP contribution in [0.1, 0.15) is 42.5 Å². The van der Waals surface area contributed by atoms with Gasteiger partial charge in [0.1, 0.15) is 6.07 Å². The topological polar surface area (TPSA) is 47.3 Å². The van der Waals surface area contributed by atoms with E-state index in [1.807, 2.05) is 24.8 Å². The van der Waals surface area contributed by atoms with Gasteiger partial charge in [-0.1, -0.05) is 17.7 Å². The molecular formula is C23H23ClF3N3O. The van der Waals surface area contributed by atoms with Crippen LogP contribution >= 0.6 is 11.6 Å². The molecule has 2 aromatic carbocycles. The maximum absolute atomic E-state index is 13.3. The number of nitrogens with zero attached hydrogens (tertiary/aromatic N) is 3. The average Bonchev–Trinajstić information content (AvgIpc) is 3.08. The fourth-order valence-corrected chi connectivity index (χ4v) is 4.04. The van der Waals surface area contributed by atoms with Crippen molar-refractivity contribution in [2.24, 2.45) is 0 Å². The average molecular weight is 450 g/mol. The molecule has 0 unspecified atom stereocenters. The maximum atomic E-state index is 13.3. The summed E-state index contributed by atoms with van der Waals surface area (Å²) in [6.45, 7) is 6.27. The minimum absolute atomic E-state index is 0.00510. The summed E-state index contributed by atoms with van der Waals surface area (Å²) in [4.78, 5) is 16.2. The van der Waals surface area contributed by atoms with Gasteiger partial charge in [0.15, 0.2) is 0 Å². The molecule has 1 saturated heterocycles. The van der Waals surface area contributed by atoms with Crippen molar-refractivity contribution < 1.29 is 18.0 Å². The molecular weight excluding hydrogens is 427 g/mol. The second-order valence-corrected chi connectivity index (χ2v) is 8.45. The summed E-state index contributed by atoms with van der Waals surface area (Å²) in [5.74, 6) is 0.00510. The largest absolute Gasteiger partial charge is 0.416 e. The van der Waals surface area contributed by atoms with Crippen LogP contribution in [0.5, 0.6) is 0 Å². The normalized spacial score (nSPS) is 16.7. The minimum Gasteiger partial charge on any atom is -0.362 e. The van der Waals surface area contributed by atoms with Crippen LogP contribution in [0.15, 0.2) is 36.4 Å². The SMILES string of the molecule is Cc1ccc(C(F)(F)F)cc1CN(c1ccc(C#N)c(Cl)c1)[C@H]1CC(=O)N(C(C)C)C1. The first-order valence-corrected chi connectivity index (χ1v) is 10.3. The molecule has 3 rings (SSSR count). The molecule has 1 aliphatic heterocycles. The molecule has 0 saturated carbocycles. The van der Waals surface area contributed by atoms with Crippen LogP contribution in [0.2, 0.25) is 5.02 Å². The fraction of sp³-hybridized carbons (Fsp3) is 0.391. The van der Waals surface area contributed by atoms with Crippen molar-refractivity contribution in [2.45, 2.75) is 52.0 Å². The zero-order valence-electron chi connectivity index (χ0n) is 17.5. The number of carbonyl (C=O) groups is 1. The number of benzene rings is 2. The van der Waals surface area contributed by atoms with Crippen LogP contribution in [0, 0.1) is 18.3 Å². The summed E-state index contributed by atoms with van der Waals surface area (Å²) in [5, 5.41) is 9.42. The highest BCUT2D eigenvalue weighted by molar-refractivity contribution is 6.32. The Morgan fingerprint density at radius 3 is 2.52 bits per heavy atom. The molecule has 1 heterocycles. The van der Waals surface area contributed by atoms with Crippen molar-refractivity contribution in [3.05, 3.63) is 63.7 Å². The third kappa shape index (κ3) is 4.96. The summed E-state index contributed by atoms with van der Waals surface area (Å²) in [7, 11) is 0. The molecule has 1 fully saturated rings. The van der Waals surface area contributed by atoms with Crippen molar-refractivity contribution in [2.75, 3.05) is 11.4 Å². The molecule has 0 radical (unpaired) electrons. The smallest absolute Gasteiger partial charge is 0.362 e. The second kappa shape index (κ2) is 8.80. The van der Waals surface area contributed by atoms with Gasteiger partial charge in [0.2, 0.25) is 5.91 Å². The molecule has 4 nitrogen and oxygen atoms in total. The maximum Gasteiger partial charge on any atom is 0.416 e. The second-order valence-electron chi connectivity index (χ2n) is 8.04. The molecule has 2 aromatic rings. The summed E-state index contributed by atoms with van der Waals surface area (Å²) < 4.78 is 39.8. The van der Waals surface area contributed by atoms with Crippen molar-refractivity contribution in [3.63, 3.8) is 0 Å². The highest BCUT2D eigenvalue weighted by Crippen LogP contribution is 2.34. The van der Waals surface area contributed by atoms with E-state index in [0.29, 0.717) is 23.4 Å². The lowest BCUT2D eigenvalue weighted by atomic mass is 10.0. The van der Waals surface area contributed by atoms with E-state index in [1.54, 1.807) is 30.0 Å². The van der Waals surface area contributed by atoms with Crippen LogP contribution in [0.25, 0.3) is 0 Å². The van der Waals surface area contributed by atoms with Crippen LogP contribution < -0.4 is 4.90 Å². The lowest BCUT2D eigenvalue weighted by Gasteiger charge is -2.32. The van der Waals surface area contributed by atoms with Gasteiger partial charge >= 0.3 is 6.18 Å². The van der Waals surface area contributed by atoms with Crippen LogP contribution in [-0.2, 0) is 17.5 Å². The third-order valence-electron chi connectivity index (χ3n) is 5.62. The van der Waals surface area contributed by atoms with Gasteiger partial charge in [0.05, 0.1) is 22.2 Å². The van der Waals surface area contributed by atoms with Crippen LogP contribution in [0.4, 0.5) is 18.9 Å². The number of halogens is 4. The Kier molecular flexibility index (Phi) is 6.51. The molecule has 0 aliphatic carbocycles. The standard InChI is InChI=1S/C23H23ClF3N3O/c1-14(2)29-13-20(10-22(29)31)30(19-7-5-16(11-28)21(24)9-19)12-17-8-18(23(25,26)27)6-4-15(17)3/h4-9,14,20H,10,12-13H2,1-3H3/t20-/m0/s1. The number of likely N-dealkylation sites (tertiary alicyclic amines) is 1. The van der Waals surface area contributed by atoms with Gasteiger partial charge in [0.25, 0.3) is 0 Å². The van der Waals surface area contributed by atoms with Crippen molar-refractivity contribution in [1.82, 2.24) is 4.90 Å². The third-order valence-corrected chi connectivity index (χ3v) is 5.94. The predicted molar refractivity (Wildman–Crippen MR) is 114 cm³/mol. The van der Waals surface area contributed by atoms with Gasteiger partial charge in [-0.15, -0.1) is 0 Å². The lowest BCUT2D eigenvalue weighted by molar-refractivity contribution is -0.137. The van der Waals surface area contributed by atoms with E-state index in [0.717, 1.165) is 17.7 Å². The summed E-state index contributed by atoms with van der Waals surface area (Å²) in [6, 6.07) is 10.4. The van der Waals surface area contributed by atoms with Gasteiger partial charge < -0.3 is 9.80 Å². The zero-order valence-corrected chi connectivity index (χ0v) is 18.3. The van der Waals surface area contributed by atoms with E-state index in [2.05, 4.69) is 0 Å². The van der Waals surface area contributed by atoms with Crippen LogP contribution in [-0.4, -0.2) is 29.4 Å². The Balaban J connectivity index is 2.02. The molecule has 0 bridgehead atoms. The highest BCUT2D eigenvalue weighted by atomic mass is 35.5. The number of nitriles is 1. The van der Waals surface area contributed by atoms with Crippen molar-refractivity contribution in [3.8, 4) is 6.07 Å². The monoisotopic (exact) mass is 449 g/mol. The number of alkyl halides is 3. The molecule has 31 heavy (non-hydrogen) atoms. The number of hydrogen-bond acceptors (Lipinski definition) is 3. The van der Waals surface area contributed by atoms with Gasteiger partial charge in [-0.05, 0) is 62.2 Å². The number of carbonyl (C=O) groups excluding carboxylic acids is 1. The first-order chi connectivity index (χ1) is 14.5. The molecule has 0 N–H and O–H groups in total. The Bertz CT molecular complexity index is 1030. The number of amides is 1. The Morgan fingerprint density at radius 2 is 1.97 bits per heavy atom. The first kappa shape index (κ1) is 23.0. The molecule has 1 amide bonds. The number of hydrogen-bond donors (Lipinski definition) is 0. The van der Waals surface area contributed by atoms with E-state index < -0.39 is 11.7 Å².